The third kappa shape index (κ3) is 2.45. The van der Waals surface area contributed by atoms with Crippen molar-refractivity contribution in [1.82, 2.24) is 0 Å². The van der Waals surface area contributed by atoms with Gasteiger partial charge in [0.2, 0.25) is 0 Å². The number of hydrogen-bond acceptors (Lipinski definition) is 3. The first-order valence-electron chi connectivity index (χ1n) is 8.75. The van der Waals surface area contributed by atoms with E-state index in [1.807, 2.05) is 6.08 Å². The summed E-state index contributed by atoms with van der Waals surface area (Å²) in [6.45, 7) is 6.70. The van der Waals surface area contributed by atoms with Gasteiger partial charge in [-0.05, 0) is 47.8 Å². The molecular formula is C20H28O3. The molecule has 4 atom stereocenters. The van der Waals surface area contributed by atoms with E-state index in [1.165, 1.54) is 16.7 Å². The normalized spacial score (nSPS) is 38.2. The molecule has 3 aliphatic rings. The number of allylic oxidation sites excluding steroid dienone is 3. The summed E-state index contributed by atoms with van der Waals surface area (Å²) in [6, 6.07) is 0. The van der Waals surface area contributed by atoms with Crippen LogP contribution in [0.25, 0.3) is 0 Å². The van der Waals surface area contributed by atoms with Crippen molar-refractivity contribution in [2.24, 2.45) is 16.7 Å². The minimum absolute atomic E-state index is 0.142. The molecule has 0 aromatic heterocycles. The van der Waals surface area contributed by atoms with Crippen LogP contribution in [0, 0.1) is 16.7 Å². The highest BCUT2D eigenvalue weighted by molar-refractivity contribution is 5.74. The molecular weight excluding hydrogens is 288 g/mol. The molecule has 0 bridgehead atoms. The van der Waals surface area contributed by atoms with E-state index in [9.17, 15) is 15.0 Å². The highest BCUT2D eigenvalue weighted by atomic mass is 16.3. The van der Waals surface area contributed by atoms with Gasteiger partial charge in [-0.2, -0.15) is 0 Å². The van der Waals surface area contributed by atoms with E-state index >= 15 is 0 Å². The van der Waals surface area contributed by atoms with Gasteiger partial charge in [-0.25, -0.2) is 0 Å². The van der Waals surface area contributed by atoms with E-state index < -0.39 is 6.10 Å². The number of hydrogen-bond donors (Lipinski definition) is 2. The van der Waals surface area contributed by atoms with Crippen molar-refractivity contribution in [1.29, 1.82) is 0 Å². The Labute approximate surface area is 138 Å². The Hall–Kier alpha value is -1.19. The summed E-state index contributed by atoms with van der Waals surface area (Å²) in [4.78, 5) is 11.2. The van der Waals surface area contributed by atoms with Crippen LogP contribution in [0.15, 0.2) is 34.4 Å². The maximum atomic E-state index is 11.2. The number of aldehydes is 1. The Morgan fingerprint density at radius 1 is 1.30 bits per heavy atom. The first-order valence-corrected chi connectivity index (χ1v) is 8.75. The van der Waals surface area contributed by atoms with E-state index in [0.29, 0.717) is 12.0 Å². The predicted octanol–water partition coefficient (Wildman–Crippen LogP) is 3.33. The van der Waals surface area contributed by atoms with Gasteiger partial charge in [-0.3, -0.25) is 4.79 Å². The smallest absolute Gasteiger partial charge is 0.146 e. The first-order chi connectivity index (χ1) is 10.9. The Morgan fingerprint density at radius 3 is 2.70 bits per heavy atom. The fraction of sp³-hybridized carbons (Fsp3) is 0.650. The number of carbonyl (C=O) groups is 1. The van der Waals surface area contributed by atoms with Crippen molar-refractivity contribution >= 4 is 6.29 Å². The van der Waals surface area contributed by atoms with Gasteiger partial charge in [0.05, 0.1) is 6.10 Å². The predicted molar refractivity (Wildman–Crippen MR) is 90.8 cm³/mol. The zero-order valence-electron chi connectivity index (χ0n) is 14.4. The molecule has 0 spiro atoms. The Balaban J connectivity index is 2.18. The summed E-state index contributed by atoms with van der Waals surface area (Å²) in [5, 5.41) is 20.5. The summed E-state index contributed by atoms with van der Waals surface area (Å²) in [5.41, 5.74) is 4.41. The second-order valence-electron chi connectivity index (χ2n) is 8.12. The molecule has 3 aliphatic carbocycles. The van der Waals surface area contributed by atoms with Crippen LogP contribution in [0.4, 0.5) is 0 Å². The zero-order chi connectivity index (χ0) is 16.8. The molecule has 0 aliphatic heterocycles. The molecule has 23 heavy (non-hydrogen) atoms. The van der Waals surface area contributed by atoms with Crippen molar-refractivity contribution in [3.63, 3.8) is 0 Å². The van der Waals surface area contributed by atoms with E-state index in [0.717, 1.165) is 32.0 Å². The molecule has 3 nitrogen and oxygen atoms in total. The lowest BCUT2D eigenvalue weighted by atomic mass is 9.57. The van der Waals surface area contributed by atoms with Gasteiger partial charge >= 0.3 is 0 Å². The Morgan fingerprint density at radius 2 is 2.04 bits per heavy atom. The van der Waals surface area contributed by atoms with Crippen molar-refractivity contribution in [3.05, 3.63) is 34.4 Å². The molecule has 0 saturated heterocycles. The maximum Gasteiger partial charge on any atom is 0.146 e. The SMILES string of the molecule is C[C@H](CO)C1=C2C3=CC=C(C=O)C[C@H](O)[C@]3(C)CC[C@@]2(C)CC1. The molecule has 2 N–H and O–H groups in total. The van der Waals surface area contributed by atoms with Crippen molar-refractivity contribution < 1.29 is 15.0 Å². The Bertz CT molecular complexity index is 612. The van der Waals surface area contributed by atoms with Gasteiger partial charge in [-0.1, -0.05) is 38.5 Å². The molecule has 0 aromatic rings. The zero-order valence-corrected chi connectivity index (χ0v) is 14.4. The van der Waals surface area contributed by atoms with E-state index in [2.05, 4.69) is 26.8 Å². The van der Waals surface area contributed by atoms with Crippen LogP contribution >= 0.6 is 0 Å². The molecule has 0 radical (unpaired) electrons. The van der Waals surface area contributed by atoms with Gasteiger partial charge in [0, 0.05) is 24.4 Å². The number of fused-ring (bicyclic) bond motifs is 3. The van der Waals surface area contributed by atoms with E-state index in [1.54, 1.807) is 0 Å². The topological polar surface area (TPSA) is 57.5 Å². The highest BCUT2D eigenvalue weighted by Gasteiger charge is 2.51. The summed E-state index contributed by atoms with van der Waals surface area (Å²) in [6.07, 6.45) is 8.87. The summed E-state index contributed by atoms with van der Waals surface area (Å²) >= 11 is 0. The minimum atomic E-state index is -0.531. The third-order valence-corrected chi connectivity index (χ3v) is 6.60. The quantitative estimate of drug-likeness (QED) is 0.785. The van der Waals surface area contributed by atoms with Crippen LogP contribution in [0.5, 0.6) is 0 Å². The van der Waals surface area contributed by atoms with E-state index in [4.69, 9.17) is 0 Å². The molecule has 0 aromatic carbocycles. The lowest BCUT2D eigenvalue weighted by Gasteiger charge is -2.48. The molecule has 0 heterocycles. The fourth-order valence-electron chi connectivity index (χ4n) is 4.77. The number of carbonyl (C=O) groups excluding carboxylic acids is 1. The van der Waals surface area contributed by atoms with Gasteiger partial charge in [0.15, 0.2) is 0 Å². The fourth-order valence-corrected chi connectivity index (χ4v) is 4.77. The van der Waals surface area contributed by atoms with Crippen LogP contribution in [0.2, 0.25) is 0 Å². The summed E-state index contributed by atoms with van der Waals surface area (Å²) in [5.74, 6) is 0.157. The third-order valence-electron chi connectivity index (χ3n) is 6.60. The van der Waals surface area contributed by atoms with Gasteiger partial charge in [0.25, 0.3) is 0 Å². The van der Waals surface area contributed by atoms with Crippen molar-refractivity contribution in [2.45, 2.75) is 59.0 Å². The number of aliphatic hydroxyl groups is 2. The van der Waals surface area contributed by atoms with Crippen LogP contribution < -0.4 is 0 Å². The monoisotopic (exact) mass is 316 g/mol. The average Bonchev–Trinajstić information content (AvgIpc) is 2.83. The lowest BCUT2D eigenvalue weighted by molar-refractivity contribution is -0.105. The van der Waals surface area contributed by atoms with Crippen LogP contribution in [0.3, 0.4) is 0 Å². The minimum Gasteiger partial charge on any atom is -0.396 e. The molecule has 0 amide bonds. The molecule has 126 valence electrons. The molecule has 3 rings (SSSR count). The van der Waals surface area contributed by atoms with Crippen molar-refractivity contribution in [3.8, 4) is 0 Å². The molecule has 0 unspecified atom stereocenters. The number of rotatable bonds is 3. The summed E-state index contributed by atoms with van der Waals surface area (Å²) < 4.78 is 0. The first kappa shape index (κ1) is 16.7. The molecule has 1 saturated carbocycles. The largest absolute Gasteiger partial charge is 0.396 e. The second-order valence-corrected chi connectivity index (χ2v) is 8.12. The van der Waals surface area contributed by atoms with E-state index in [-0.39, 0.29) is 23.4 Å². The highest BCUT2D eigenvalue weighted by Crippen LogP contribution is 2.61. The van der Waals surface area contributed by atoms with Gasteiger partial charge < -0.3 is 10.2 Å². The van der Waals surface area contributed by atoms with Crippen LogP contribution in [-0.2, 0) is 4.79 Å². The standard InChI is InChI=1S/C20H28O3/c1-13(11-21)15-6-7-19(2)8-9-20(3)16(18(15)19)5-4-14(12-22)10-17(20)23/h4-5,12-13,17,21,23H,6-11H2,1-3H3/t13-,17+,19-,20-/m1/s1. The van der Waals surface area contributed by atoms with Gasteiger partial charge in [-0.15, -0.1) is 0 Å². The van der Waals surface area contributed by atoms with Gasteiger partial charge in [0.1, 0.15) is 6.29 Å². The molecule has 1 fully saturated rings. The maximum absolute atomic E-state index is 11.2. The average molecular weight is 316 g/mol. The second kappa shape index (κ2) is 5.71. The number of aliphatic hydroxyl groups excluding tert-OH is 2. The Kier molecular flexibility index (Phi) is 4.14. The summed E-state index contributed by atoms with van der Waals surface area (Å²) in [7, 11) is 0. The van der Waals surface area contributed by atoms with Crippen LogP contribution in [-0.4, -0.2) is 29.2 Å². The van der Waals surface area contributed by atoms with Crippen molar-refractivity contribution in [2.75, 3.05) is 6.61 Å². The lowest BCUT2D eigenvalue weighted by Crippen LogP contribution is -2.41. The molecule has 3 heteroatoms. The van der Waals surface area contributed by atoms with Crippen LogP contribution in [0.1, 0.15) is 52.9 Å².